The van der Waals surface area contributed by atoms with Crippen LogP contribution >= 0.6 is 0 Å². The van der Waals surface area contributed by atoms with Crippen LogP contribution in [0.2, 0.25) is 0 Å². The van der Waals surface area contributed by atoms with Crippen LogP contribution in [0.5, 0.6) is 0 Å². The molecular weight excluding hydrogens is 254 g/mol. The van der Waals surface area contributed by atoms with E-state index in [2.05, 4.69) is 36.2 Å². The third-order valence-corrected chi connectivity index (χ3v) is 4.32. The van der Waals surface area contributed by atoms with Gasteiger partial charge in [0.15, 0.2) is 0 Å². The first-order valence-corrected chi connectivity index (χ1v) is 7.29. The molecule has 0 saturated carbocycles. The van der Waals surface area contributed by atoms with Crippen molar-refractivity contribution in [3.63, 3.8) is 0 Å². The van der Waals surface area contributed by atoms with Crippen LogP contribution in [-0.4, -0.2) is 55.2 Å². The molecule has 2 N–H and O–H groups in total. The first-order chi connectivity index (χ1) is 9.57. The predicted octanol–water partition coefficient (Wildman–Crippen LogP) is 1.42. The maximum atomic E-state index is 12.2. The van der Waals surface area contributed by atoms with Gasteiger partial charge in [0.05, 0.1) is 0 Å². The summed E-state index contributed by atoms with van der Waals surface area (Å²) in [5, 5.41) is 3.06. The Kier molecular flexibility index (Phi) is 4.83. The zero-order chi connectivity index (χ0) is 14.6. The molecule has 1 aliphatic heterocycles. The van der Waals surface area contributed by atoms with Crippen LogP contribution in [0.15, 0.2) is 12.1 Å². The lowest BCUT2D eigenvalue weighted by Gasteiger charge is -2.42. The largest absolute Gasteiger partial charge is 0.381 e. The Morgan fingerprint density at radius 1 is 1.40 bits per heavy atom. The van der Waals surface area contributed by atoms with Gasteiger partial charge in [-0.2, -0.15) is 0 Å². The smallest absolute Gasteiger partial charge is 0.267 e. The second-order valence-corrected chi connectivity index (χ2v) is 5.66. The first-order valence-electron chi connectivity index (χ1n) is 7.29. The number of hydrogen-bond acceptors (Lipinski definition) is 3. The molecule has 1 aliphatic rings. The number of aromatic nitrogens is 1. The second-order valence-electron chi connectivity index (χ2n) is 5.66. The minimum absolute atomic E-state index is 0.00802. The number of carbonyl (C=O) groups excluding carboxylic acids is 1. The van der Waals surface area contributed by atoms with E-state index in [1.807, 2.05) is 12.1 Å². The van der Waals surface area contributed by atoms with Gasteiger partial charge in [0.25, 0.3) is 5.91 Å². The topological polar surface area (TPSA) is 57.4 Å². The van der Waals surface area contributed by atoms with Crippen molar-refractivity contribution in [1.29, 1.82) is 0 Å². The SMILES string of the molecule is CCc1ccc(C(=O)NCC2(N(C)C)CCOCC2)[nH]1. The van der Waals surface area contributed by atoms with Gasteiger partial charge in [-0.15, -0.1) is 0 Å². The van der Waals surface area contributed by atoms with Crippen molar-refractivity contribution in [3.05, 3.63) is 23.5 Å². The minimum Gasteiger partial charge on any atom is -0.381 e. The highest BCUT2D eigenvalue weighted by Gasteiger charge is 2.35. The predicted molar refractivity (Wildman–Crippen MR) is 79.0 cm³/mol. The van der Waals surface area contributed by atoms with Gasteiger partial charge in [0, 0.05) is 31.0 Å². The fourth-order valence-electron chi connectivity index (χ4n) is 2.65. The number of rotatable bonds is 5. The van der Waals surface area contributed by atoms with E-state index in [4.69, 9.17) is 4.74 Å². The highest BCUT2D eigenvalue weighted by atomic mass is 16.5. The highest BCUT2D eigenvalue weighted by molar-refractivity contribution is 5.92. The van der Waals surface area contributed by atoms with Crippen molar-refractivity contribution in [2.75, 3.05) is 33.9 Å². The molecule has 0 bridgehead atoms. The van der Waals surface area contributed by atoms with E-state index in [0.717, 1.165) is 38.2 Å². The molecule has 0 atom stereocenters. The van der Waals surface area contributed by atoms with Gasteiger partial charge in [0.2, 0.25) is 0 Å². The van der Waals surface area contributed by atoms with Gasteiger partial charge >= 0.3 is 0 Å². The van der Waals surface area contributed by atoms with E-state index in [1.165, 1.54) is 0 Å². The maximum absolute atomic E-state index is 12.2. The molecule has 20 heavy (non-hydrogen) atoms. The summed E-state index contributed by atoms with van der Waals surface area (Å²) in [6, 6.07) is 3.81. The average Bonchev–Trinajstić information content (AvgIpc) is 2.94. The van der Waals surface area contributed by atoms with E-state index in [9.17, 15) is 4.79 Å². The maximum Gasteiger partial charge on any atom is 0.267 e. The van der Waals surface area contributed by atoms with E-state index in [-0.39, 0.29) is 11.4 Å². The summed E-state index contributed by atoms with van der Waals surface area (Å²) in [5.74, 6) is -0.0302. The number of aromatic amines is 1. The fraction of sp³-hybridized carbons (Fsp3) is 0.667. The summed E-state index contributed by atoms with van der Waals surface area (Å²) in [7, 11) is 4.14. The van der Waals surface area contributed by atoms with Gasteiger partial charge in [-0.1, -0.05) is 6.92 Å². The summed E-state index contributed by atoms with van der Waals surface area (Å²) in [6.07, 6.45) is 2.81. The van der Waals surface area contributed by atoms with Crippen LogP contribution < -0.4 is 5.32 Å². The normalized spacial score (nSPS) is 18.2. The van der Waals surface area contributed by atoms with Crippen LogP contribution in [0.1, 0.15) is 35.9 Å². The Labute approximate surface area is 120 Å². The van der Waals surface area contributed by atoms with Crippen LogP contribution in [0, 0.1) is 0 Å². The summed E-state index contributed by atoms with van der Waals surface area (Å²) >= 11 is 0. The molecule has 5 heteroatoms. The number of hydrogen-bond donors (Lipinski definition) is 2. The van der Waals surface area contributed by atoms with Crippen LogP contribution in [0.3, 0.4) is 0 Å². The standard InChI is InChI=1S/C15H25N3O2/c1-4-12-5-6-13(17-12)14(19)16-11-15(18(2)3)7-9-20-10-8-15/h5-6,17H,4,7-11H2,1-3H3,(H,16,19). The summed E-state index contributed by atoms with van der Waals surface area (Å²) < 4.78 is 5.44. The molecule has 5 nitrogen and oxygen atoms in total. The van der Waals surface area contributed by atoms with E-state index < -0.39 is 0 Å². The van der Waals surface area contributed by atoms with Crippen molar-refractivity contribution >= 4 is 5.91 Å². The third kappa shape index (κ3) is 3.22. The quantitative estimate of drug-likeness (QED) is 0.857. The lowest BCUT2D eigenvalue weighted by atomic mass is 9.88. The fourth-order valence-corrected chi connectivity index (χ4v) is 2.65. The molecule has 0 radical (unpaired) electrons. The van der Waals surface area contributed by atoms with E-state index in [0.29, 0.717) is 12.2 Å². The number of aryl methyl sites for hydroxylation is 1. The van der Waals surface area contributed by atoms with Crippen molar-refractivity contribution in [3.8, 4) is 0 Å². The Balaban J connectivity index is 1.96. The van der Waals surface area contributed by atoms with E-state index in [1.54, 1.807) is 0 Å². The molecule has 1 aromatic heterocycles. The van der Waals surface area contributed by atoms with Crippen molar-refractivity contribution in [2.24, 2.45) is 0 Å². The molecule has 0 aliphatic carbocycles. The summed E-state index contributed by atoms with van der Waals surface area (Å²) in [5.41, 5.74) is 1.74. The van der Waals surface area contributed by atoms with Gasteiger partial charge < -0.3 is 19.9 Å². The monoisotopic (exact) mass is 279 g/mol. The summed E-state index contributed by atoms with van der Waals surface area (Å²) in [6.45, 7) is 4.24. The number of H-pyrrole nitrogens is 1. The molecule has 0 aromatic carbocycles. The minimum atomic E-state index is -0.0302. The number of nitrogens with one attached hydrogen (secondary N) is 2. The number of nitrogens with zero attached hydrogens (tertiary/aromatic N) is 1. The third-order valence-electron chi connectivity index (χ3n) is 4.32. The summed E-state index contributed by atoms with van der Waals surface area (Å²) in [4.78, 5) is 17.5. The molecule has 2 rings (SSSR count). The molecule has 1 amide bonds. The van der Waals surface area contributed by atoms with Gasteiger partial charge in [0.1, 0.15) is 5.69 Å². The second kappa shape index (κ2) is 6.41. The van der Waals surface area contributed by atoms with Crippen molar-refractivity contribution in [1.82, 2.24) is 15.2 Å². The van der Waals surface area contributed by atoms with Gasteiger partial charge in [-0.25, -0.2) is 0 Å². The molecule has 112 valence electrons. The zero-order valence-corrected chi connectivity index (χ0v) is 12.7. The molecular formula is C15H25N3O2. The number of ether oxygens (including phenoxy) is 1. The van der Waals surface area contributed by atoms with Crippen molar-refractivity contribution < 1.29 is 9.53 Å². The molecule has 0 unspecified atom stereocenters. The Hall–Kier alpha value is -1.33. The Bertz CT molecular complexity index is 448. The zero-order valence-electron chi connectivity index (χ0n) is 12.7. The van der Waals surface area contributed by atoms with Crippen LogP contribution in [-0.2, 0) is 11.2 Å². The molecule has 1 fully saturated rings. The van der Waals surface area contributed by atoms with Crippen molar-refractivity contribution in [2.45, 2.75) is 31.7 Å². The molecule has 1 saturated heterocycles. The van der Waals surface area contributed by atoms with Crippen LogP contribution in [0.25, 0.3) is 0 Å². The Morgan fingerprint density at radius 3 is 2.65 bits per heavy atom. The van der Waals surface area contributed by atoms with E-state index >= 15 is 0 Å². The van der Waals surface area contributed by atoms with Gasteiger partial charge in [-0.3, -0.25) is 4.79 Å². The Morgan fingerprint density at radius 2 is 2.10 bits per heavy atom. The lowest BCUT2D eigenvalue weighted by molar-refractivity contribution is -0.00659. The molecule has 1 aromatic rings. The van der Waals surface area contributed by atoms with Gasteiger partial charge in [-0.05, 0) is 45.5 Å². The van der Waals surface area contributed by atoms with Crippen LogP contribution in [0.4, 0.5) is 0 Å². The molecule has 0 spiro atoms. The molecule has 2 heterocycles. The average molecular weight is 279 g/mol. The number of amides is 1. The highest BCUT2D eigenvalue weighted by Crippen LogP contribution is 2.25. The number of carbonyl (C=O) groups is 1. The number of likely N-dealkylation sites (N-methyl/N-ethyl adjacent to an activating group) is 1. The lowest BCUT2D eigenvalue weighted by Crippen LogP contribution is -2.55. The first kappa shape index (κ1) is 15.1.